The summed E-state index contributed by atoms with van der Waals surface area (Å²) in [5, 5.41) is 11.8. The van der Waals surface area contributed by atoms with Gasteiger partial charge in [-0.25, -0.2) is 4.39 Å². The number of amides is 1. The molecule has 0 bridgehead atoms. The fourth-order valence-corrected chi connectivity index (χ4v) is 2.03. The second-order valence-electron chi connectivity index (χ2n) is 5.70. The number of rotatable bonds is 6. The second-order valence-corrected chi connectivity index (χ2v) is 5.70. The molecule has 0 aliphatic heterocycles. The van der Waals surface area contributed by atoms with Crippen molar-refractivity contribution in [2.24, 2.45) is 17.8 Å². The van der Waals surface area contributed by atoms with Crippen LogP contribution in [0.2, 0.25) is 0 Å². The van der Waals surface area contributed by atoms with E-state index in [1.807, 2.05) is 13.8 Å². The van der Waals surface area contributed by atoms with Crippen molar-refractivity contribution >= 4 is 11.9 Å². The van der Waals surface area contributed by atoms with Crippen LogP contribution < -0.4 is 5.32 Å². The largest absolute Gasteiger partial charge is 0.481 e. The van der Waals surface area contributed by atoms with Crippen LogP contribution in [-0.2, 0) is 9.59 Å². The minimum absolute atomic E-state index is 0.103. The van der Waals surface area contributed by atoms with E-state index in [1.165, 1.54) is 19.1 Å². The molecule has 0 aliphatic rings. The molecule has 1 aromatic rings. The van der Waals surface area contributed by atoms with Crippen molar-refractivity contribution in [2.45, 2.75) is 33.7 Å². The highest BCUT2D eigenvalue weighted by molar-refractivity contribution is 5.84. The summed E-state index contributed by atoms with van der Waals surface area (Å²) in [6.45, 7) is 6.99. The van der Waals surface area contributed by atoms with E-state index in [0.29, 0.717) is 0 Å². The van der Waals surface area contributed by atoms with Gasteiger partial charge in [-0.15, -0.1) is 0 Å². The molecule has 2 N–H and O–H groups in total. The van der Waals surface area contributed by atoms with Crippen molar-refractivity contribution in [1.82, 2.24) is 5.32 Å². The molecule has 4 nitrogen and oxygen atoms in total. The van der Waals surface area contributed by atoms with Gasteiger partial charge in [0.05, 0.1) is 12.0 Å². The van der Waals surface area contributed by atoms with Crippen LogP contribution in [0.15, 0.2) is 24.3 Å². The molecule has 0 radical (unpaired) electrons. The van der Waals surface area contributed by atoms with Crippen LogP contribution in [0.25, 0.3) is 0 Å². The van der Waals surface area contributed by atoms with Gasteiger partial charge in [-0.3, -0.25) is 9.59 Å². The van der Waals surface area contributed by atoms with E-state index in [0.717, 1.165) is 5.56 Å². The van der Waals surface area contributed by atoms with Crippen molar-refractivity contribution in [2.75, 3.05) is 0 Å². The Morgan fingerprint density at radius 1 is 1.05 bits per heavy atom. The fourth-order valence-electron chi connectivity index (χ4n) is 2.03. The lowest BCUT2D eigenvalue weighted by atomic mass is 9.92. The number of nitrogens with one attached hydrogen (secondary N) is 1. The maximum atomic E-state index is 13.0. The molecule has 5 heteroatoms. The minimum Gasteiger partial charge on any atom is -0.481 e. The topological polar surface area (TPSA) is 66.4 Å². The van der Waals surface area contributed by atoms with Crippen LogP contribution in [0.1, 0.15) is 39.3 Å². The molecule has 0 saturated heterocycles. The van der Waals surface area contributed by atoms with E-state index in [2.05, 4.69) is 5.32 Å². The zero-order valence-corrected chi connectivity index (χ0v) is 12.8. The molecule has 1 amide bonds. The number of hydrogen-bond donors (Lipinski definition) is 2. The molecule has 3 unspecified atom stereocenters. The average molecular weight is 295 g/mol. The van der Waals surface area contributed by atoms with E-state index < -0.39 is 17.8 Å². The fraction of sp³-hybridized carbons (Fsp3) is 0.500. The Hall–Kier alpha value is -1.91. The maximum Gasteiger partial charge on any atom is 0.307 e. The normalized spacial score (nSPS) is 15.3. The summed E-state index contributed by atoms with van der Waals surface area (Å²) < 4.78 is 13.0. The lowest BCUT2D eigenvalue weighted by molar-refractivity contribution is -0.146. The number of aliphatic carboxylic acids is 1. The molecule has 3 atom stereocenters. The van der Waals surface area contributed by atoms with Gasteiger partial charge in [0.2, 0.25) is 5.91 Å². The summed E-state index contributed by atoms with van der Waals surface area (Å²) in [5.41, 5.74) is 0.801. The zero-order valence-electron chi connectivity index (χ0n) is 12.8. The molecule has 21 heavy (non-hydrogen) atoms. The number of carbonyl (C=O) groups is 2. The summed E-state index contributed by atoms with van der Waals surface area (Å²) in [7, 11) is 0. The van der Waals surface area contributed by atoms with Crippen LogP contribution >= 0.6 is 0 Å². The molecule has 0 spiro atoms. The summed E-state index contributed by atoms with van der Waals surface area (Å²) in [4.78, 5) is 23.1. The van der Waals surface area contributed by atoms with Gasteiger partial charge in [0, 0.05) is 5.92 Å². The Morgan fingerprint density at radius 2 is 1.57 bits per heavy atom. The SMILES string of the molecule is CC(C)C(NC(=O)C(C)C(C)C(=O)O)c1ccc(F)cc1. The lowest BCUT2D eigenvalue weighted by Crippen LogP contribution is -2.39. The summed E-state index contributed by atoms with van der Waals surface area (Å²) in [6.07, 6.45) is 0. The quantitative estimate of drug-likeness (QED) is 0.848. The Labute approximate surface area is 124 Å². The number of carboxylic acids is 1. The zero-order chi connectivity index (χ0) is 16.2. The van der Waals surface area contributed by atoms with Crippen molar-refractivity contribution < 1.29 is 19.1 Å². The first-order valence-electron chi connectivity index (χ1n) is 7.02. The third kappa shape index (κ3) is 4.55. The van der Waals surface area contributed by atoms with Crippen molar-refractivity contribution in [3.8, 4) is 0 Å². The smallest absolute Gasteiger partial charge is 0.307 e. The van der Waals surface area contributed by atoms with Gasteiger partial charge in [0.25, 0.3) is 0 Å². The second kappa shape index (κ2) is 7.20. The highest BCUT2D eigenvalue weighted by atomic mass is 19.1. The molecule has 0 heterocycles. The first-order valence-corrected chi connectivity index (χ1v) is 7.02. The molecule has 1 rings (SSSR count). The van der Waals surface area contributed by atoms with Crippen molar-refractivity contribution in [1.29, 1.82) is 0 Å². The Balaban J connectivity index is 2.86. The van der Waals surface area contributed by atoms with Crippen molar-refractivity contribution in [3.05, 3.63) is 35.6 Å². The monoisotopic (exact) mass is 295 g/mol. The van der Waals surface area contributed by atoms with E-state index in [-0.39, 0.29) is 23.7 Å². The van der Waals surface area contributed by atoms with Crippen LogP contribution in [-0.4, -0.2) is 17.0 Å². The number of carboxylic acid groups (broad SMARTS) is 1. The molecule has 0 fully saturated rings. The number of carbonyl (C=O) groups excluding carboxylic acids is 1. The van der Waals surface area contributed by atoms with Gasteiger partial charge >= 0.3 is 5.97 Å². The highest BCUT2D eigenvalue weighted by Crippen LogP contribution is 2.23. The van der Waals surface area contributed by atoms with Crippen LogP contribution in [0.4, 0.5) is 4.39 Å². The van der Waals surface area contributed by atoms with Crippen LogP contribution in [0.5, 0.6) is 0 Å². The van der Waals surface area contributed by atoms with E-state index in [1.54, 1.807) is 19.1 Å². The third-order valence-electron chi connectivity index (χ3n) is 3.75. The first kappa shape index (κ1) is 17.1. The Kier molecular flexibility index (Phi) is 5.88. The Morgan fingerprint density at radius 3 is 2.00 bits per heavy atom. The molecule has 1 aromatic carbocycles. The standard InChI is InChI=1S/C16H22FNO3/c1-9(2)14(12-5-7-13(17)8-6-12)18-15(19)10(3)11(4)16(20)21/h5-11,14H,1-4H3,(H,18,19)(H,20,21). The third-order valence-corrected chi connectivity index (χ3v) is 3.75. The maximum absolute atomic E-state index is 13.0. The van der Waals surface area contributed by atoms with Gasteiger partial charge in [-0.1, -0.05) is 39.8 Å². The van der Waals surface area contributed by atoms with Gasteiger partial charge in [0.15, 0.2) is 0 Å². The van der Waals surface area contributed by atoms with Crippen molar-refractivity contribution in [3.63, 3.8) is 0 Å². The summed E-state index contributed by atoms with van der Waals surface area (Å²) in [6, 6.07) is 5.68. The van der Waals surface area contributed by atoms with Crippen LogP contribution in [0, 0.1) is 23.6 Å². The summed E-state index contributed by atoms with van der Waals surface area (Å²) in [5.74, 6) is -2.93. The predicted octanol–water partition coefficient (Wildman–Crippen LogP) is 3.00. The van der Waals surface area contributed by atoms with Gasteiger partial charge < -0.3 is 10.4 Å². The first-order chi connectivity index (χ1) is 9.73. The van der Waals surface area contributed by atoms with Gasteiger partial charge in [-0.2, -0.15) is 0 Å². The van der Waals surface area contributed by atoms with E-state index in [4.69, 9.17) is 5.11 Å². The predicted molar refractivity (Wildman–Crippen MR) is 78.1 cm³/mol. The lowest BCUT2D eigenvalue weighted by Gasteiger charge is -2.25. The van der Waals surface area contributed by atoms with Gasteiger partial charge in [0.1, 0.15) is 5.82 Å². The number of hydrogen-bond acceptors (Lipinski definition) is 2. The molecule has 0 aromatic heterocycles. The highest BCUT2D eigenvalue weighted by Gasteiger charge is 2.28. The molecule has 0 aliphatic carbocycles. The number of halogens is 1. The minimum atomic E-state index is -1.000. The molecule has 116 valence electrons. The van der Waals surface area contributed by atoms with Crippen LogP contribution in [0.3, 0.4) is 0 Å². The number of benzene rings is 1. The van der Waals surface area contributed by atoms with E-state index in [9.17, 15) is 14.0 Å². The average Bonchev–Trinajstić information content (AvgIpc) is 2.43. The molecular formula is C16H22FNO3. The van der Waals surface area contributed by atoms with Gasteiger partial charge in [-0.05, 0) is 23.6 Å². The molecular weight excluding hydrogens is 273 g/mol. The van der Waals surface area contributed by atoms with E-state index >= 15 is 0 Å². The Bertz CT molecular complexity index is 499. The molecule has 0 saturated carbocycles. The summed E-state index contributed by atoms with van der Waals surface area (Å²) >= 11 is 0.